The highest BCUT2D eigenvalue weighted by Crippen LogP contribution is 2.33. The van der Waals surface area contributed by atoms with Crippen molar-refractivity contribution in [3.05, 3.63) is 30.5 Å². The van der Waals surface area contributed by atoms with Crippen LogP contribution >= 0.6 is 0 Å². The smallest absolute Gasteiger partial charge is 0.244 e. The summed E-state index contributed by atoms with van der Waals surface area (Å²) in [6.07, 6.45) is 1.72. The number of likely N-dealkylation sites (tertiary alicyclic amines) is 1. The van der Waals surface area contributed by atoms with Crippen LogP contribution in [-0.4, -0.2) is 59.1 Å². The maximum absolute atomic E-state index is 12.5. The number of fused-ring (bicyclic) bond motifs is 2. The summed E-state index contributed by atoms with van der Waals surface area (Å²) in [5, 5.41) is 4.72. The van der Waals surface area contributed by atoms with E-state index in [9.17, 15) is 13.2 Å². The van der Waals surface area contributed by atoms with E-state index >= 15 is 0 Å². The van der Waals surface area contributed by atoms with Gasteiger partial charge in [-0.15, -0.1) is 0 Å². The van der Waals surface area contributed by atoms with Gasteiger partial charge < -0.3 is 10.6 Å². The molecule has 8 heteroatoms. The largest absolute Gasteiger partial charge is 0.339 e. The molecule has 2 aromatic rings. The number of nitrogens with zero attached hydrogens (tertiary/aromatic N) is 3. The Hall–Kier alpha value is -1.93. The molecule has 3 atom stereocenters. The Morgan fingerprint density at radius 3 is 2.87 bits per heavy atom. The monoisotopic (exact) mass is 334 g/mol. The van der Waals surface area contributed by atoms with Crippen LogP contribution in [0.1, 0.15) is 0 Å². The Balaban J connectivity index is 1.53. The molecule has 4 rings (SSSR count). The first kappa shape index (κ1) is 14.6. The molecule has 1 aromatic heterocycles. The van der Waals surface area contributed by atoms with Gasteiger partial charge in [0.2, 0.25) is 5.91 Å². The second-order valence-electron chi connectivity index (χ2n) is 6.36. The highest BCUT2D eigenvalue weighted by Gasteiger charge is 2.51. The van der Waals surface area contributed by atoms with Gasteiger partial charge in [0.15, 0.2) is 9.84 Å². The lowest BCUT2D eigenvalue weighted by molar-refractivity contribution is -0.131. The Labute approximate surface area is 134 Å². The first-order valence-corrected chi connectivity index (χ1v) is 9.33. The second-order valence-corrected chi connectivity index (χ2v) is 8.62. The van der Waals surface area contributed by atoms with Gasteiger partial charge in [-0.2, -0.15) is 5.10 Å². The predicted molar refractivity (Wildman–Crippen MR) is 85.4 cm³/mol. The number of benzene rings is 1. The van der Waals surface area contributed by atoms with E-state index in [0.717, 1.165) is 10.9 Å². The number of hydrogen-bond acceptors (Lipinski definition) is 5. The minimum atomic E-state index is -3.18. The van der Waals surface area contributed by atoms with Gasteiger partial charge in [-0.25, -0.2) is 8.42 Å². The number of aromatic nitrogens is 2. The van der Waals surface area contributed by atoms with E-state index < -0.39 is 15.1 Å². The van der Waals surface area contributed by atoms with Crippen LogP contribution in [0.4, 0.5) is 0 Å². The lowest BCUT2D eigenvalue weighted by Crippen LogP contribution is -2.37. The molecular formula is C15H18N4O3S. The van der Waals surface area contributed by atoms with Crippen LogP contribution in [-0.2, 0) is 21.2 Å². The fourth-order valence-corrected chi connectivity index (χ4v) is 5.95. The molecule has 2 aliphatic heterocycles. The number of carbonyl (C=O) groups is 1. The van der Waals surface area contributed by atoms with Crippen LogP contribution in [0.2, 0.25) is 0 Å². The molecule has 3 heterocycles. The van der Waals surface area contributed by atoms with Crippen LogP contribution in [0, 0.1) is 5.92 Å². The van der Waals surface area contributed by atoms with Crippen LogP contribution in [0.5, 0.6) is 0 Å². The first-order chi connectivity index (χ1) is 11.0. The van der Waals surface area contributed by atoms with Gasteiger partial charge >= 0.3 is 0 Å². The van der Waals surface area contributed by atoms with Crippen molar-refractivity contribution in [3.8, 4) is 0 Å². The number of nitrogens with two attached hydrogens (primary N) is 1. The lowest BCUT2D eigenvalue weighted by atomic mass is 10.0. The normalized spacial score (nSPS) is 29.1. The van der Waals surface area contributed by atoms with Gasteiger partial charge in [-0.1, -0.05) is 18.2 Å². The molecule has 122 valence electrons. The highest BCUT2D eigenvalue weighted by atomic mass is 32.2. The zero-order valence-corrected chi connectivity index (χ0v) is 13.3. The summed E-state index contributed by atoms with van der Waals surface area (Å²) in [6.45, 7) is 0.782. The third kappa shape index (κ3) is 2.33. The first-order valence-electron chi connectivity index (χ1n) is 7.61. The van der Waals surface area contributed by atoms with E-state index in [4.69, 9.17) is 5.73 Å². The molecule has 2 aliphatic rings. The number of carbonyl (C=O) groups excluding carboxylic acids is 1. The molecule has 7 nitrogen and oxygen atoms in total. The second kappa shape index (κ2) is 5.04. The van der Waals surface area contributed by atoms with E-state index in [1.165, 1.54) is 0 Å². The van der Waals surface area contributed by atoms with Crippen molar-refractivity contribution in [1.29, 1.82) is 0 Å². The Kier molecular flexibility index (Phi) is 3.21. The van der Waals surface area contributed by atoms with Crippen LogP contribution in [0.3, 0.4) is 0 Å². The van der Waals surface area contributed by atoms with Crippen LogP contribution < -0.4 is 5.73 Å². The maximum atomic E-state index is 12.5. The van der Waals surface area contributed by atoms with Crippen molar-refractivity contribution < 1.29 is 13.2 Å². The molecule has 0 unspecified atom stereocenters. The van der Waals surface area contributed by atoms with Gasteiger partial charge in [0.1, 0.15) is 6.54 Å². The minimum Gasteiger partial charge on any atom is -0.339 e. The molecule has 23 heavy (non-hydrogen) atoms. The standard InChI is InChI=1S/C15H18N4O3S/c16-12-9-23(21,22)14-7-18(6-11(12)14)15(20)8-19-13-4-2-1-3-10(13)5-17-19/h1-5,11-12,14H,6-9,16H2/t11-,12+,14-/m0/s1. The van der Waals surface area contributed by atoms with Crippen LogP contribution in [0.15, 0.2) is 30.5 Å². The predicted octanol–water partition coefficient (Wildman–Crippen LogP) is -0.381. The summed E-state index contributed by atoms with van der Waals surface area (Å²) in [5.74, 6) is -0.220. The summed E-state index contributed by atoms with van der Waals surface area (Å²) < 4.78 is 25.8. The number of amides is 1. The highest BCUT2D eigenvalue weighted by molar-refractivity contribution is 7.92. The molecule has 0 saturated carbocycles. The zero-order chi connectivity index (χ0) is 16.2. The van der Waals surface area contributed by atoms with Gasteiger partial charge in [0, 0.05) is 30.4 Å². The molecule has 0 aliphatic carbocycles. The summed E-state index contributed by atoms with van der Waals surface area (Å²) >= 11 is 0. The van der Waals surface area contributed by atoms with E-state index in [2.05, 4.69) is 5.10 Å². The van der Waals surface area contributed by atoms with Gasteiger partial charge in [0.05, 0.1) is 22.7 Å². The molecule has 2 fully saturated rings. The van der Waals surface area contributed by atoms with Crippen molar-refractivity contribution in [3.63, 3.8) is 0 Å². The summed E-state index contributed by atoms with van der Waals surface area (Å²) in [5.41, 5.74) is 6.83. The third-order valence-corrected chi connectivity index (χ3v) is 7.20. The summed E-state index contributed by atoms with van der Waals surface area (Å²) in [4.78, 5) is 14.1. The Morgan fingerprint density at radius 2 is 2.09 bits per heavy atom. The maximum Gasteiger partial charge on any atom is 0.244 e. The quantitative estimate of drug-likeness (QED) is 0.807. The number of rotatable bonds is 2. The number of hydrogen-bond donors (Lipinski definition) is 1. The van der Waals surface area contributed by atoms with Crippen molar-refractivity contribution in [2.45, 2.75) is 17.8 Å². The fraction of sp³-hybridized carbons (Fsp3) is 0.467. The molecule has 0 spiro atoms. The van der Waals surface area contributed by atoms with Crippen molar-refractivity contribution >= 4 is 26.6 Å². The van der Waals surface area contributed by atoms with E-state index in [1.807, 2.05) is 24.3 Å². The Morgan fingerprint density at radius 1 is 1.30 bits per heavy atom. The molecule has 0 bridgehead atoms. The average Bonchev–Trinajstić information content (AvgIpc) is 3.16. The molecular weight excluding hydrogens is 316 g/mol. The minimum absolute atomic E-state index is 0.0359. The molecule has 2 saturated heterocycles. The van der Waals surface area contributed by atoms with E-state index in [-0.39, 0.29) is 36.7 Å². The molecule has 2 N–H and O–H groups in total. The van der Waals surface area contributed by atoms with Gasteiger partial charge in [0.25, 0.3) is 0 Å². The van der Waals surface area contributed by atoms with E-state index in [1.54, 1.807) is 15.8 Å². The lowest BCUT2D eigenvalue weighted by Gasteiger charge is -2.18. The summed E-state index contributed by atoms with van der Waals surface area (Å²) in [6, 6.07) is 7.30. The third-order valence-electron chi connectivity index (χ3n) is 4.93. The van der Waals surface area contributed by atoms with Crippen molar-refractivity contribution in [2.75, 3.05) is 18.8 Å². The average molecular weight is 334 g/mol. The molecule has 1 amide bonds. The number of para-hydroxylation sites is 1. The molecule has 0 radical (unpaired) electrons. The SMILES string of the molecule is N[C@@H]1CS(=O)(=O)[C@H]2CN(C(=O)Cn3ncc4ccccc43)C[C@@H]12. The number of sulfone groups is 1. The van der Waals surface area contributed by atoms with Crippen molar-refractivity contribution in [1.82, 2.24) is 14.7 Å². The van der Waals surface area contributed by atoms with Gasteiger partial charge in [-0.05, 0) is 6.07 Å². The fourth-order valence-electron chi connectivity index (χ4n) is 3.69. The van der Waals surface area contributed by atoms with Gasteiger partial charge in [-0.3, -0.25) is 9.48 Å². The zero-order valence-electron chi connectivity index (χ0n) is 12.5. The topological polar surface area (TPSA) is 98.3 Å². The van der Waals surface area contributed by atoms with Crippen LogP contribution in [0.25, 0.3) is 10.9 Å². The van der Waals surface area contributed by atoms with Crippen molar-refractivity contribution in [2.24, 2.45) is 11.7 Å². The summed E-state index contributed by atoms with van der Waals surface area (Å²) in [7, 11) is -3.18. The molecule has 1 aromatic carbocycles. The Bertz CT molecular complexity index is 876. The van der Waals surface area contributed by atoms with E-state index in [0.29, 0.717) is 6.54 Å².